The van der Waals surface area contributed by atoms with Gasteiger partial charge in [-0.05, 0) is 42.5 Å². The number of ether oxygens (including phenoxy) is 1. The molecule has 3 N–H and O–H groups in total. The maximum absolute atomic E-state index is 11.8. The van der Waals surface area contributed by atoms with Crippen molar-refractivity contribution in [3.63, 3.8) is 0 Å². The Hall–Kier alpha value is -2.81. The van der Waals surface area contributed by atoms with Gasteiger partial charge in [0, 0.05) is 22.0 Å². The second-order valence-electron chi connectivity index (χ2n) is 5.84. The van der Waals surface area contributed by atoms with Gasteiger partial charge in [0.25, 0.3) is 11.8 Å². The third-order valence-corrected chi connectivity index (χ3v) is 4.36. The Kier molecular flexibility index (Phi) is 8.91. The Morgan fingerprint density at radius 1 is 0.800 bits per heavy atom. The van der Waals surface area contributed by atoms with Gasteiger partial charge in [-0.1, -0.05) is 34.8 Å². The van der Waals surface area contributed by atoms with Gasteiger partial charge in [0.05, 0.1) is 17.1 Å². The quantitative estimate of drug-likeness (QED) is 0.422. The summed E-state index contributed by atoms with van der Waals surface area (Å²) in [5, 5.41) is 3.58. The molecule has 8 nitrogen and oxygen atoms in total. The van der Waals surface area contributed by atoms with Gasteiger partial charge in [0.2, 0.25) is 5.91 Å². The number of hydrogen-bond acceptors (Lipinski definition) is 5. The predicted molar refractivity (Wildman–Crippen MR) is 112 cm³/mol. The highest BCUT2D eigenvalue weighted by Crippen LogP contribution is 2.25. The first-order valence-electron chi connectivity index (χ1n) is 8.50. The highest BCUT2D eigenvalue weighted by atomic mass is 35.5. The Bertz CT molecular complexity index is 951. The van der Waals surface area contributed by atoms with Crippen molar-refractivity contribution < 1.29 is 23.9 Å². The van der Waals surface area contributed by atoms with Gasteiger partial charge in [-0.15, -0.1) is 0 Å². The summed E-state index contributed by atoms with van der Waals surface area (Å²) in [6, 6.07) is 10.6. The Labute approximate surface area is 186 Å². The van der Waals surface area contributed by atoms with Crippen LogP contribution in [-0.2, 0) is 19.1 Å². The Morgan fingerprint density at radius 3 is 2.17 bits per heavy atom. The zero-order valence-electron chi connectivity index (χ0n) is 15.3. The van der Waals surface area contributed by atoms with E-state index in [0.29, 0.717) is 15.6 Å². The average molecular weight is 473 g/mol. The van der Waals surface area contributed by atoms with Crippen LogP contribution < -0.4 is 16.2 Å². The molecular formula is C19H16Cl3N3O5. The molecule has 0 bridgehead atoms. The molecule has 0 aliphatic rings. The van der Waals surface area contributed by atoms with E-state index in [1.54, 1.807) is 6.07 Å². The van der Waals surface area contributed by atoms with Crippen molar-refractivity contribution in [1.82, 2.24) is 10.9 Å². The predicted octanol–water partition coefficient (Wildman–Crippen LogP) is 3.37. The van der Waals surface area contributed by atoms with E-state index in [2.05, 4.69) is 16.2 Å². The lowest BCUT2D eigenvalue weighted by atomic mass is 10.2. The second-order valence-corrected chi connectivity index (χ2v) is 7.12. The molecule has 0 atom stereocenters. The Balaban J connectivity index is 1.66. The molecular weight excluding hydrogens is 457 g/mol. The molecule has 0 saturated carbocycles. The number of halogens is 3. The third-order valence-electron chi connectivity index (χ3n) is 3.54. The summed E-state index contributed by atoms with van der Waals surface area (Å²) in [6.07, 6.45) is -0.532. The lowest BCUT2D eigenvalue weighted by Gasteiger charge is -2.09. The van der Waals surface area contributed by atoms with Gasteiger partial charge in [0.15, 0.2) is 6.61 Å². The van der Waals surface area contributed by atoms with Crippen molar-refractivity contribution in [3.8, 4) is 0 Å². The number of rotatable bonds is 7. The van der Waals surface area contributed by atoms with Gasteiger partial charge >= 0.3 is 5.97 Å². The minimum Gasteiger partial charge on any atom is -0.456 e. The van der Waals surface area contributed by atoms with Crippen LogP contribution in [0.3, 0.4) is 0 Å². The number of anilines is 1. The second kappa shape index (κ2) is 11.4. The summed E-state index contributed by atoms with van der Waals surface area (Å²) in [4.78, 5) is 47.1. The van der Waals surface area contributed by atoms with Crippen molar-refractivity contribution in [3.05, 3.63) is 63.1 Å². The molecule has 0 spiro atoms. The van der Waals surface area contributed by atoms with Gasteiger partial charge < -0.3 is 10.1 Å². The number of carbonyl (C=O) groups is 4. The third kappa shape index (κ3) is 7.90. The summed E-state index contributed by atoms with van der Waals surface area (Å²) >= 11 is 17.5. The van der Waals surface area contributed by atoms with E-state index in [9.17, 15) is 19.2 Å². The summed E-state index contributed by atoms with van der Waals surface area (Å²) in [5.74, 6) is -2.53. The van der Waals surface area contributed by atoms with E-state index in [-0.39, 0.29) is 23.6 Å². The number of nitrogens with one attached hydrogen (secondary N) is 3. The molecule has 0 radical (unpaired) electrons. The highest BCUT2D eigenvalue weighted by Gasteiger charge is 2.13. The smallest absolute Gasteiger partial charge is 0.306 e. The van der Waals surface area contributed by atoms with Gasteiger partial charge in [-0.3, -0.25) is 30.0 Å². The largest absolute Gasteiger partial charge is 0.456 e. The number of carbonyl (C=O) groups excluding carboxylic acids is 4. The zero-order chi connectivity index (χ0) is 22.1. The Morgan fingerprint density at radius 2 is 1.47 bits per heavy atom. The number of benzene rings is 2. The molecule has 0 aliphatic carbocycles. The lowest BCUT2D eigenvalue weighted by molar-refractivity contribution is -0.148. The van der Waals surface area contributed by atoms with Crippen molar-refractivity contribution in [1.29, 1.82) is 0 Å². The zero-order valence-corrected chi connectivity index (χ0v) is 17.6. The first-order valence-corrected chi connectivity index (χ1v) is 9.63. The van der Waals surface area contributed by atoms with Crippen LogP contribution in [-0.4, -0.2) is 30.3 Å². The molecule has 0 saturated heterocycles. The fourth-order valence-electron chi connectivity index (χ4n) is 2.08. The number of hydrogen-bond donors (Lipinski definition) is 3. The van der Waals surface area contributed by atoms with Crippen LogP contribution in [0, 0.1) is 0 Å². The van der Waals surface area contributed by atoms with Crippen LogP contribution in [0.5, 0.6) is 0 Å². The minimum absolute atomic E-state index is 0.249. The number of hydrazine groups is 1. The van der Waals surface area contributed by atoms with E-state index in [0.717, 1.165) is 0 Å². The maximum atomic E-state index is 11.8. The van der Waals surface area contributed by atoms with E-state index >= 15 is 0 Å². The topological polar surface area (TPSA) is 114 Å². The maximum Gasteiger partial charge on any atom is 0.306 e. The molecule has 3 amide bonds. The average Bonchev–Trinajstić information content (AvgIpc) is 2.72. The first kappa shape index (κ1) is 23.5. The summed E-state index contributed by atoms with van der Waals surface area (Å²) < 4.78 is 4.80. The normalized spacial score (nSPS) is 10.1. The monoisotopic (exact) mass is 471 g/mol. The van der Waals surface area contributed by atoms with E-state index in [1.807, 2.05) is 0 Å². The van der Waals surface area contributed by atoms with Crippen LogP contribution >= 0.6 is 34.8 Å². The molecule has 0 aromatic heterocycles. The van der Waals surface area contributed by atoms with Crippen molar-refractivity contribution in [2.45, 2.75) is 12.8 Å². The summed E-state index contributed by atoms with van der Waals surface area (Å²) in [6.45, 7) is -0.559. The SMILES string of the molecule is O=C(CCC(=O)OCC(=O)Nc1cc(Cl)ccc1Cl)NNC(=O)c1ccc(Cl)cc1. The molecule has 2 rings (SSSR count). The van der Waals surface area contributed by atoms with Gasteiger partial charge in [0.1, 0.15) is 0 Å². The van der Waals surface area contributed by atoms with E-state index in [4.69, 9.17) is 39.5 Å². The van der Waals surface area contributed by atoms with E-state index < -0.39 is 30.3 Å². The highest BCUT2D eigenvalue weighted by molar-refractivity contribution is 6.35. The van der Waals surface area contributed by atoms with Crippen LogP contribution in [0.4, 0.5) is 5.69 Å². The fourth-order valence-corrected chi connectivity index (χ4v) is 2.54. The van der Waals surface area contributed by atoms with Gasteiger partial charge in [-0.2, -0.15) is 0 Å². The first-order chi connectivity index (χ1) is 14.2. The van der Waals surface area contributed by atoms with Crippen LogP contribution in [0.25, 0.3) is 0 Å². The van der Waals surface area contributed by atoms with Crippen molar-refractivity contribution in [2.24, 2.45) is 0 Å². The van der Waals surface area contributed by atoms with E-state index in [1.165, 1.54) is 36.4 Å². The molecule has 0 unspecified atom stereocenters. The molecule has 0 fully saturated rings. The van der Waals surface area contributed by atoms with Crippen molar-refractivity contribution in [2.75, 3.05) is 11.9 Å². The molecule has 2 aromatic rings. The minimum atomic E-state index is -0.762. The summed E-state index contributed by atoms with van der Waals surface area (Å²) in [5.41, 5.74) is 4.96. The lowest BCUT2D eigenvalue weighted by Crippen LogP contribution is -2.41. The van der Waals surface area contributed by atoms with Crippen LogP contribution in [0.2, 0.25) is 15.1 Å². The van der Waals surface area contributed by atoms with Crippen molar-refractivity contribution >= 4 is 64.2 Å². The molecule has 11 heteroatoms. The number of esters is 1. The standard InChI is InChI=1S/C19H16Cl3N3O5/c20-12-3-1-11(2-4-12)19(29)25-24-16(26)7-8-18(28)30-10-17(27)23-15-9-13(21)5-6-14(15)22/h1-6,9H,7-8,10H2,(H,23,27)(H,24,26)(H,25,29). The van der Waals surface area contributed by atoms with Crippen LogP contribution in [0.15, 0.2) is 42.5 Å². The molecule has 0 heterocycles. The van der Waals surface area contributed by atoms with Crippen LogP contribution in [0.1, 0.15) is 23.2 Å². The molecule has 2 aromatic carbocycles. The molecule has 158 valence electrons. The molecule has 30 heavy (non-hydrogen) atoms. The fraction of sp³-hybridized carbons (Fsp3) is 0.158. The molecule has 0 aliphatic heterocycles. The summed E-state index contributed by atoms with van der Waals surface area (Å²) in [7, 11) is 0. The number of amides is 3. The van der Waals surface area contributed by atoms with Gasteiger partial charge in [-0.25, -0.2) is 0 Å².